The third-order valence-corrected chi connectivity index (χ3v) is 16.6. The van der Waals surface area contributed by atoms with Gasteiger partial charge in [0.25, 0.3) is 50.6 Å². The summed E-state index contributed by atoms with van der Waals surface area (Å²) in [6.07, 6.45) is 6.10. The normalized spacial score (nSPS) is 18.2. The highest BCUT2D eigenvalue weighted by Gasteiger charge is 2.47. The Hall–Kier alpha value is -4.63. The lowest BCUT2D eigenvalue weighted by atomic mass is 9.75. The lowest BCUT2D eigenvalue weighted by molar-refractivity contribution is -0.438. The lowest BCUT2D eigenvalue weighted by Crippen LogP contribution is -2.31. The smallest absolute Gasteiger partial charge is 0.303 e. The molecule has 2 heterocycles. The average molecular weight is 1040 g/mol. The minimum absolute atomic E-state index is 0. The Morgan fingerprint density at radius 3 is 1.82 bits per heavy atom. The number of allylic oxidation sites excluding steroid dienone is 4. The molecular formula is C44H55N2O17S5+. The number of benzene rings is 4. The van der Waals surface area contributed by atoms with Crippen molar-refractivity contribution in [2.75, 3.05) is 29.5 Å². The number of rotatable bonds is 19. The predicted molar refractivity (Wildman–Crippen MR) is 256 cm³/mol. The zero-order valence-electron chi connectivity index (χ0n) is 36.7. The number of fused-ring (bicyclic) bond motifs is 6. The molecule has 24 heteroatoms. The van der Waals surface area contributed by atoms with Crippen molar-refractivity contribution in [1.82, 2.24) is 0 Å². The van der Waals surface area contributed by atoms with Gasteiger partial charge in [0.15, 0.2) is 5.71 Å². The van der Waals surface area contributed by atoms with Gasteiger partial charge in [0.1, 0.15) is 11.4 Å². The maximum Gasteiger partial charge on any atom is 0.303 e. The van der Waals surface area contributed by atoms with Gasteiger partial charge in [-0.05, 0) is 130 Å². The fourth-order valence-electron chi connectivity index (χ4n) is 9.56. The first-order valence-electron chi connectivity index (χ1n) is 20.8. The molecule has 4 aromatic rings. The van der Waals surface area contributed by atoms with Gasteiger partial charge in [-0.2, -0.15) is 46.7 Å². The minimum atomic E-state index is -5.05. The molecule has 2 aliphatic heterocycles. The minimum Gasteiger partial charge on any atom is -0.481 e. The van der Waals surface area contributed by atoms with Crippen LogP contribution in [0.2, 0.25) is 0 Å². The molecule has 6 N–H and O–H groups in total. The Balaban J connectivity index is 0.00000864. The van der Waals surface area contributed by atoms with Gasteiger partial charge >= 0.3 is 5.97 Å². The molecule has 0 radical (unpaired) electrons. The first-order valence-corrected chi connectivity index (χ1v) is 28.3. The van der Waals surface area contributed by atoms with Gasteiger partial charge < -0.3 is 10.0 Å². The summed E-state index contributed by atoms with van der Waals surface area (Å²) in [6.45, 7) is 7.22. The van der Waals surface area contributed by atoms with E-state index in [1.165, 1.54) is 18.2 Å². The fraction of sp³-hybridized carbons (Fsp3) is 0.409. The fourth-order valence-corrected chi connectivity index (χ4v) is 12.5. The van der Waals surface area contributed by atoms with Crippen molar-refractivity contribution in [1.29, 1.82) is 0 Å². The zero-order chi connectivity index (χ0) is 49.9. The molecule has 68 heavy (non-hydrogen) atoms. The van der Waals surface area contributed by atoms with Crippen LogP contribution in [0.25, 0.3) is 21.5 Å². The van der Waals surface area contributed by atoms with Crippen molar-refractivity contribution >= 4 is 95.2 Å². The second-order valence-corrected chi connectivity index (χ2v) is 24.9. The number of aryl methyl sites for hydroxylation is 1. The summed E-state index contributed by atoms with van der Waals surface area (Å²) in [7, 11) is -23.7. The number of hydrogen-bond donors (Lipinski definition) is 6. The SMILES string of the molecule is C.Cc1cc(S(=O)(=O)O)cc2c3c(ccc12)N(CCCS(=O)(=O)O)C(=CC=CC1=[N+](CCCCCC(=O)O)c2ccc4c(S(=O)(=O)O)cc(S(=O)(=O)O)cc4c2C1(C)C)C3(C)CCCS(=O)(=O)O. The summed E-state index contributed by atoms with van der Waals surface area (Å²) in [5.74, 6) is -2.26. The first-order chi connectivity index (χ1) is 30.8. The average Bonchev–Trinajstić information content (AvgIpc) is 3.54. The number of hydrogen-bond acceptors (Lipinski definition) is 12. The largest absolute Gasteiger partial charge is 0.481 e. The van der Waals surface area contributed by atoms with Crippen LogP contribution in [0.1, 0.15) is 89.8 Å². The van der Waals surface area contributed by atoms with Crippen LogP contribution in [-0.4, -0.2) is 111 Å². The van der Waals surface area contributed by atoms with Crippen LogP contribution >= 0.6 is 0 Å². The van der Waals surface area contributed by atoms with Crippen LogP contribution in [-0.2, 0) is 66.2 Å². The molecule has 0 amide bonds. The number of carboxylic acids is 1. The third kappa shape index (κ3) is 11.4. The number of anilines is 1. The number of unbranched alkanes of at least 4 members (excludes halogenated alkanes) is 2. The van der Waals surface area contributed by atoms with E-state index in [2.05, 4.69) is 0 Å². The van der Waals surface area contributed by atoms with E-state index in [9.17, 15) is 74.8 Å². The monoisotopic (exact) mass is 1040 g/mol. The maximum atomic E-state index is 12.7. The molecule has 0 aliphatic carbocycles. The van der Waals surface area contributed by atoms with Gasteiger partial charge in [0, 0.05) is 59.3 Å². The summed E-state index contributed by atoms with van der Waals surface area (Å²) in [6, 6.07) is 10.8. The van der Waals surface area contributed by atoms with Crippen LogP contribution in [0.3, 0.4) is 0 Å². The molecule has 1 unspecified atom stereocenters. The molecule has 0 fully saturated rings. The van der Waals surface area contributed by atoms with E-state index in [-0.39, 0.29) is 57.0 Å². The van der Waals surface area contributed by atoms with Crippen molar-refractivity contribution < 1.29 is 79.3 Å². The van der Waals surface area contributed by atoms with E-state index >= 15 is 0 Å². The number of aliphatic carboxylic acids is 1. The topological polar surface area (TPSA) is 315 Å². The molecule has 0 bridgehead atoms. The summed E-state index contributed by atoms with van der Waals surface area (Å²) in [5.41, 5.74) is 1.08. The predicted octanol–water partition coefficient (Wildman–Crippen LogP) is 6.86. The highest BCUT2D eigenvalue weighted by molar-refractivity contribution is 7.87. The van der Waals surface area contributed by atoms with E-state index in [1.807, 2.05) is 4.58 Å². The molecule has 4 aromatic carbocycles. The van der Waals surface area contributed by atoms with Crippen LogP contribution in [0.4, 0.5) is 11.4 Å². The number of carboxylic acid groups (broad SMARTS) is 1. The molecule has 1 atom stereocenters. The Kier molecular flexibility index (Phi) is 15.4. The summed E-state index contributed by atoms with van der Waals surface area (Å²) in [4.78, 5) is 11.1. The van der Waals surface area contributed by atoms with Gasteiger partial charge in [-0.3, -0.25) is 27.6 Å². The van der Waals surface area contributed by atoms with Gasteiger partial charge in [0.05, 0.1) is 26.7 Å². The van der Waals surface area contributed by atoms with Gasteiger partial charge in [-0.25, -0.2) is 0 Å². The molecule has 0 aromatic heterocycles. The van der Waals surface area contributed by atoms with E-state index in [1.54, 1.807) is 69.0 Å². The van der Waals surface area contributed by atoms with Crippen molar-refractivity contribution in [3.05, 3.63) is 89.1 Å². The van der Waals surface area contributed by atoms with Crippen molar-refractivity contribution in [3.8, 4) is 0 Å². The molecule has 0 saturated heterocycles. The first kappa shape index (κ1) is 54.3. The van der Waals surface area contributed by atoms with E-state index in [0.29, 0.717) is 75.6 Å². The number of carbonyl (C=O) groups is 1. The molecule has 19 nitrogen and oxygen atoms in total. The van der Waals surface area contributed by atoms with Crippen molar-refractivity contribution in [3.63, 3.8) is 0 Å². The van der Waals surface area contributed by atoms with Crippen LogP contribution in [0, 0.1) is 6.92 Å². The lowest BCUT2D eigenvalue weighted by Gasteiger charge is -2.31. The van der Waals surface area contributed by atoms with Gasteiger partial charge in [-0.15, -0.1) is 0 Å². The quantitative estimate of drug-likeness (QED) is 0.0317. The van der Waals surface area contributed by atoms with E-state index in [4.69, 9.17) is 0 Å². The maximum absolute atomic E-state index is 12.7. The summed E-state index contributed by atoms with van der Waals surface area (Å²) in [5, 5.41) is 10.2. The summed E-state index contributed by atoms with van der Waals surface area (Å²) < 4.78 is 175. The van der Waals surface area contributed by atoms with Crippen LogP contribution in [0.15, 0.2) is 87.1 Å². The second kappa shape index (κ2) is 19.3. The molecule has 6 rings (SSSR count). The standard InChI is InChI=1S/C43H50N2O17S5.CH4/c1-27-23-28(65(54,55)56)24-32-30(27)14-16-35-41(32)43(4,18-9-21-63(48,49)50)38(45(35)20-10-22-64(51,52)53)12-8-11-37-42(2,3)40-33-25-29(66(57,58)59)26-36(67(60,61)62)31(33)15-17-34(40)44(37)19-7-5-6-13-39(46)47;/h8,11-12,14-17,23-26H,5-7,9-10,13,18-22H2,1-4H3,(H5-,46,47,48,49,50,51,52,53,54,55,56,57,58,59,60,61,62);1H4/p+1. The number of nitrogens with zero attached hydrogens (tertiary/aromatic N) is 2. The van der Waals surface area contributed by atoms with Crippen LogP contribution in [0.5, 0.6) is 0 Å². The van der Waals surface area contributed by atoms with Crippen molar-refractivity contribution in [2.45, 2.75) is 106 Å². The third-order valence-electron chi connectivity index (χ3n) is 12.4. The Bertz CT molecular complexity index is 3400. The Morgan fingerprint density at radius 1 is 0.676 bits per heavy atom. The van der Waals surface area contributed by atoms with Crippen molar-refractivity contribution in [2.24, 2.45) is 0 Å². The second-order valence-electron chi connectivity index (χ2n) is 17.5. The molecule has 0 spiro atoms. The molecule has 2 aliphatic rings. The van der Waals surface area contributed by atoms with E-state index < -0.39 is 93.6 Å². The van der Waals surface area contributed by atoms with Gasteiger partial charge in [0.2, 0.25) is 5.69 Å². The zero-order valence-corrected chi connectivity index (χ0v) is 40.8. The molecular weight excluding hydrogens is 989 g/mol. The Labute approximate surface area is 396 Å². The van der Waals surface area contributed by atoms with Crippen LogP contribution < -0.4 is 4.90 Å². The van der Waals surface area contributed by atoms with Gasteiger partial charge in [-0.1, -0.05) is 19.6 Å². The highest BCUT2D eigenvalue weighted by atomic mass is 32.2. The Morgan fingerprint density at radius 2 is 1.25 bits per heavy atom. The van der Waals surface area contributed by atoms with E-state index in [0.717, 1.165) is 6.07 Å². The molecule has 372 valence electrons. The summed E-state index contributed by atoms with van der Waals surface area (Å²) >= 11 is 0. The highest BCUT2D eigenvalue weighted by Crippen LogP contribution is 2.54. The molecule has 0 saturated carbocycles.